The summed E-state index contributed by atoms with van der Waals surface area (Å²) in [6, 6.07) is 9.74. The lowest BCUT2D eigenvalue weighted by atomic mass is 10.1. The molecule has 4 rings (SSSR count). The minimum absolute atomic E-state index is 0.0591. The SMILES string of the molecule is CC.COc1ccc2c(c1)N(C1=C/C=C\CC/C=C\1)C(=O)C2=Nc1cccc(C(F)(F)F)c1. The number of carbonyl (C=O) groups is 1. The van der Waals surface area contributed by atoms with Crippen LogP contribution in [0.4, 0.5) is 24.5 Å². The Morgan fingerprint density at radius 1 is 1.03 bits per heavy atom. The molecule has 0 aromatic heterocycles. The topological polar surface area (TPSA) is 41.9 Å². The number of anilines is 1. The highest BCUT2D eigenvalue weighted by Gasteiger charge is 2.36. The van der Waals surface area contributed by atoms with Crippen molar-refractivity contribution in [3.8, 4) is 5.75 Å². The monoisotopic (exact) mass is 454 g/mol. The largest absolute Gasteiger partial charge is 0.497 e. The molecule has 1 amide bonds. The standard InChI is InChI=1S/C24H19F3N2O2.C2H6/c1-31-19-12-13-20-21(15-19)29(18-10-5-3-2-4-6-11-18)23(30)22(20)28-17-9-7-8-16(14-17)24(25,26)27;1-2/h3,5-15H,2,4H2,1H3;1-2H3/b5-3-,11-6-,18-10+,28-22?;. The van der Waals surface area contributed by atoms with Crippen molar-refractivity contribution in [1.29, 1.82) is 0 Å². The molecular weight excluding hydrogens is 429 g/mol. The summed E-state index contributed by atoms with van der Waals surface area (Å²) >= 11 is 0. The second kappa shape index (κ2) is 10.3. The summed E-state index contributed by atoms with van der Waals surface area (Å²) in [6.45, 7) is 4.00. The van der Waals surface area contributed by atoms with E-state index in [1.807, 2.05) is 44.2 Å². The van der Waals surface area contributed by atoms with Gasteiger partial charge in [0.2, 0.25) is 0 Å². The van der Waals surface area contributed by atoms with E-state index >= 15 is 0 Å². The fraction of sp³-hybridized carbons (Fsp3) is 0.231. The zero-order valence-corrected chi connectivity index (χ0v) is 18.7. The Hall–Kier alpha value is -3.61. The molecule has 0 spiro atoms. The second-order valence-corrected chi connectivity index (χ2v) is 7.03. The zero-order valence-electron chi connectivity index (χ0n) is 18.7. The Kier molecular flexibility index (Phi) is 7.53. The van der Waals surface area contributed by atoms with E-state index in [4.69, 9.17) is 4.74 Å². The minimum atomic E-state index is -4.49. The van der Waals surface area contributed by atoms with Crippen molar-refractivity contribution in [3.63, 3.8) is 0 Å². The molecule has 1 heterocycles. The summed E-state index contributed by atoms with van der Waals surface area (Å²) in [5.74, 6) is 0.147. The van der Waals surface area contributed by atoms with E-state index in [0.29, 0.717) is 22.7 Å². The van der Waals surface area contributed by atoms with E-state index in [0.717, 1.165) is 25.0 Å². The third-order valence-electron chi connectivity index (χ3n) is 4.97. The van der Waals surface area contributed by atoms with E-state index in [1.54, 1.807) is 18.2 Å². The number of hydrogen-bond acceptors (Lipinski definition) is 3. The van der Waals surface area contributed by atoms with Gasteiger partial charge in [0.15, 0.2) is 0 Å². The van der Waals surface area contributed by atoms with Gasteiger partial charge in [0.05, 0.1) is 24.0 Å². The van der Waals surface area contributed by atoms with Gasteiger partial charge in [-0.2, -0.15) is 13.2 Å². The highest BCUT2D eigenvalue weighted by molar-refractivity contribution is 6.55. The maximum Gasteiger partial charge on any atom is 0.416 e. The number of nitrogens with zero attached hydrogens (tertiary/aromatic N) is 2. The third kappa shape index (κ3) is 5.25. The Morgan fingerprint density at radius 2 is 1.79 bits per heavy atom. The van der Waals surface area contributed by atoms with Crippen molar-refractivity contribution < 1.29 is 22.7 Å². The minimum Gasteiger partial charge on any atom is -0.497 e. The number of benzene rings is 2. The molecule has 1 aliphatic carbocycles. The number of methoxy groups -OCH3 is 1. The molecule has 1 aliphatic heterocycles. The second-order valence-electron chi connectivity index (χ2n) is 7.03. The van der Waals surface area contributed by atoms with Gasteiger partial charge in [-0.3, -0.25) is 9.69 Å². The number of ether oxygens (including phenoxy) is 1. The molecule has 172 valence electrons. The zero-order chi connectivity index (χ0) is 24.0. The molecule has 2 aromatic carbocycles. The molecule has 0 unspecified atom stereocenters. The van der Waals surface area contributed by atoms with Gasteiger partial charge in [0, 0.05) is 17.3 Å². The average Bonchev–Trinajstić information content (AvgIpc) is 3.05. The van der Waals surface area contributed by atoms with Crippen LogP contribution in [0.3, 0.4) is 0 Å². The van der Waals surface area contributed by atoms with Crippen LogP contribution in [0.5, 0.6) is 5.75 Å². The molecule has 0 saturated heterocycles. The fourth-order valence-corrected chi connectivity index (χ4v) is 3.46. The van der Waals surface area contributed by atoms with Crippen LogP contribution in [0.2, 0.25) is 0 Å². The highest BCUT2D eigenvalue weighted by atomic mass is 19.4. The lowest BCUT2D eigenvalue weighted by Gasteiger charge is -2.19. The number of halogens is 3. The molecule has 0 fully saturated rings. The lowest BCUT2D eigenvalue weighted by molar-refractivity contribution is -0.137. The molecule has 0 bridgehead atoms. The lowest BCUT2D eigenvalue weighted by Crippen LogP contribution is -2.28. The Balaban J connectivity index is 0.00000149. The molecule has 0 N–H and O–H groups in total. The molecule has 33 heavy (non-hydrogen) atoms. The van der Waals surface area contributed by atoms with Crippen LogP contribution >= 0.6 is 0 Å². The van der Waals surface area contributed by atoms with Crippen LogP contribution in [-0.4, -0.2) is 18.7 Å². The maximum atomic E-state index is 13.4. The predicted molar refractivity (Wildman–Crippen MR) is 125 cm³/mol. The van der Waals surface area contributed by atoms with Gasteiger partial charge in [-0.25, -0.2) is 4.99 Å². The summed E-state index contributed by atoms with van der Waals surface area (Å²) in [5.41, 5.74) is 1.07. The number of hydrogen-bond donors (Lipinski definition) is 0. The Labute approximate surface area is 191 Å². The van der Waals surface area contributed by atoms with Crippen molar-refractivity contribution >= 4 is 23.0 Å². The Bertz CT molecular complexity index is 1140. The van der Waals surface area contributed by atoms with E-state index < -0.39 is 17.6 Å². The van der Waals surface area contributed by atoms with Crippen molar-refractivity contribution in [1.82, 2.24) is 0 Å². The van der Waals surface area contributed by atoms with E-state index in [-0.39, 0.29) is 11.4 Å². The first-order valence-corrected chi connectivity index (χ1v) is 10.7. The van der Waals surface area contributed by atoms with E-state index in [1.165, 1.54) is 24.1 Å². The number of allylic oxidation sites excluding steroid dienone is 5. The van der Waals surface area contributed by atoms with Crippen LogP contribution in [0.15, 0.2) is 83.5 Å². The first kappa shape index (κ1) is 24.0. The summed E-state index contributed by atoms with van der Waals surface area (Å²) in [6.07, 6.45) is 6.80. The average molecular weight is 454 g/mol. The maximum absolute atomic E-state index is 13.4. The molecule has 2 aromatic rings. The smallest absolute Gasteiger partial charge is 0.416 e. The van der Waals surface area contributed by atoms with Crippen LogP contribution in [0.1, 0.15) is 37.8 Å². The number of rotatable bonds is 3. The number of alkyl halides is 3. The van der Waals surface area contributed by atoms with Crippen LogP contribution in [-0.2, 0) is 11.0 Å². The van der Waals surface area contributed by atoms with Crippen molar-refractivity contribution in [2.24, 2.45) is 4.99 Å². The quantitative estimate of drug-likeness (QED) is 0.501. The number of aliphatic imine (C=N–C) groups is 1. The summed E-state index contributed by atoms with van der Waals surface area (Å²) in [7, 11) is 1.53. The van der Waals surface area contributed by atoms with Gasteiger partial charge in [0.1, 0.15) is 11.5 Å². The van der Waals surface area contributed by atoms with Crippen LogP contribution in [0, 0.1) is 0 Å². The molecular formula is C26H25F3N2O2. The molecule has 7 heteroatoms. The third-order valence-corrected chi connectivity index (χ3v) is 4.97. The van der Waals surface area contributed by atoms with Gasteiger partial charge >= 0.3 is 6.18 Å². The molecule has 0 radical (unpaired) electrons. The van der Waals surface area contributed by atoms with Gasteiger partial charge in [-0.05, 0) is 55.3 Å². The number of amides is 1. The predicted octanol–water partition coefficient (Wildman–Crippen LogP) is 7.00. The van der Waals surface area contributed by atoms with Gasteiger partial charge in [0.25, 0.3) is 5.91 Å². The van der Waals surface area contributed by atoms with Crippen LogP contribution < -0.4 is 9.64 Å². The highest BCUT2D eigenvalue weighted by Crippen LogP contribution is 2.38. The van der Waals surface area contributed by atoms with Crippen LogP contribution in [0.25, 0.3) is 0 Å². The summed E-state index contributed by atoms with van der Waals surface area (Å²) < 4.78 is 44.6. The summed E-state index contributed by atoms with van der Waals surface area (Å²) in [4.78, 5) is 19.2. The van der Waals surface area contributed by atoms with Crippen molar-refractivity contribution in [2.75, 3.05) is 12.0 Å². The number of carbonyl (C=O) groups excluding carboxylic acids is 1. The van der Waals surface area contributed by atoms with Crippen molar-refractivity contribution in [2.45, 2.75) is 32.9 Å². The summed E-state index contributed by atoms with van der Waals surface area (Å²) in [5, 5.41) is 0. The van der Waals surface area contributed by atoms with Gasteiger partial charge in [-0.15, -0.1) is 0 Å². The van der Waals surface area contributed by atoms with Gasteiger partial charge < -0.3 is 4.74 Å². The van der Waals surface area contributed by atoms with E-state index in [9.17, 15) is 18.0 Å². The molecule has 4 nitrogen and oxygen atoms in total. The molecule has 0 saturated carbocycles. The van der Waals surface area contributed by atoms with Gasteiger partial charge in [-0.1, -0.05) is 38.1 Å². The fourth-order valence-electron chi connectivity index (χ4n) is 3.46. The first-order chi connectivity index (χ1) is 15.9. The van der Waals surface area contributed by atoms with Crippen molar-refractivity contribution in [3.05, 3.63) is 89.7 Å². The van der Waals surface area contributed by atoms with E-state index in [2.05, 4.69) is 4.99 Å². The Morgan fingerprint density at radius 3 is 2.52 bits per heavy atom. The molecule has 2 aliphatic rings. The first-order valence-electron chi connectivity index (χ1n) is 10.7. The molecule has 0 atom stereocenters. The number of fused-ring (bicyclic) bond motifs is 1. The normalized spacial score (nSPS) is 20.1.